The van der Waals surface area contributed by atoms with Gasteiger partial charge in [0.2, 0.25) is 41.1 Å². The lowest BCUT2D eigenvalue weighted by atomic mass is 10.0. The Kier molecular flexibility index (Phi) is 15.6. The topological polar surface area (TPSA) is 246 Å². The van der Waals surface area contributed by atoms with E-state index >= 15 is 0 Å². The van der Waals surface area contributed by atoms with Crippen LogP contribution in [0.3, 0.4) is 0 Å². The second-order valence-electron chi connectivity index (χ2n) is 11.9. The van der Waals surface area contributed by atoms with Crippen molar-refractivity contribution in [1.29, 1.82) is 0 Å². The Morgan fingerprint density at radius 1 is 0.844 bits per heavy atom. The summed E-state index contributed by atoms with van der Waals surface area (Å²) in [6.07, 6.45) is 1.86. The van der Waals surface area contributed by atoms with E-state index in [2.05, 4.69) is 26.6 Å². The molecule has 2 rings (SSSR count). The third-order valence-corrected chi connectivity index (χ3v) is 7.68. The van der Waals surface area contributed by atoms with Gasteiger partial charge in [-0.15, -0.1) is 0 Å². The summed E-state index contributed by atoms with van der Waals surface area (Å²) in [7, 11) is 0. The van der Waals surface area contributed by atoms with Crippen LogP contribution in [0.5, 0.6) is 0 Å². The van der Waals surface area contributed by atoms with Gasteiger partial charge in [-0.25, -0.2) is 0 Å². The first-order chi connectivity index (χ1) is 21.3. The number of primary amides is 1. The Balaban J connectivity index is 2.29. The highest BCUT2D eigenvalue weighted by molar-refractivity contribution is 6.40. The van der Waals surface area contributed by atoms with Crippen LogP contribution in [0, 0.1) is 5.92 Å². The number of carboxylic acids is 1. The van der Waals surface area contributed by atoms with E-state index in [1.807, 2.05) is 18.7 Å². The molecule has 0 aromatic rings. The van der Waals surface area contributed by atoms with Crippen LogP contribution >= 0.6 is 0 Å². The van der Waals surface area contributed by atoms with Crippen LogP contribution in [0.2, 0.25) is 0 Å². The number of amides is 5. The number of carbonyl (C=O) groups excluding carboxylic acids is 7. The van der Waals surface area contributed by atoms with E-state index in [1.54, 1.807) is 0 Å². The number of carbonyl (C=O) groups is 8. The molecular formula is C29H47N7O9. The maximum Gasteiger partial charge on any atom is 0.303 e. The number of carboxylic acid groups (broad SMARTS) is 1. The number of Topliss-reactive ketones (excluding diaryl/α,β-unsaturated/α-hetero) is 2. The van der Waals surface area contributed by atoms with Crippen molar-refractivity contribution >= 4 is 47.1 Å². The maximum atomic E-state index is 13.3. The highest BCUT2D eigenvalue weighted by atomic mass is 16.4. The molecule has 2 aliphatic heterocycles. The molecule has 2 aliphatic rings. The van der Waals surface area contributed by atoms with Gasteiger partial charge in [-0.1, -0.05) is 13.8 Å². The largest absolute Gasteiger partial charge is 0.481 e. The van der Waals surface area contributed by atoms with E-state index < -0.39 is 71.9 Å². The summed E-state index contributed by atoms with van der Waals surface area (Å²) in [4.78, 5) is 102. The van der Waals surface area contributed by atoms with Gasteiger partial charge in [0.1, 0.15) is 12.1 Å². The first-order valence-corrected chi connectivity index (χ1v) is 15.5. The molecule has 45 heavy (non-hydrogen) atoms. The summed E-state index contributed by atoms with van der Waals surface area (Å²) >= 11 is 0. The zero-order chi connectivity index (χ0) is 33.5. The van der Waals surface area contributed by atoms with E-state index in [0.29, 0.717) is 38.9 Å². The van der Waals surface area contributed by atoms with Gasteiger partial charge in [-0.3, -0.25) is 43.3 Å². The van der Waals surface area contributed by atoms with E-state index in [1.165, 1.54) is 0 Å². The summed E-state index contributed by atoms with van der Waals surface area (Å²) < 4.78 is 0. The SMILES string of the molecule is CC(C)CC1NC(=O)CNC(=O)[C@@H]2CCCN2CCCCN[C@H](CCC(=O)O)C(=O)C(=O)CNC(=O)[C@H](CCC(N)=O)NC1=O. The molecule has 4 atom stereocenters. The van der Waals surface area contributed by atoms with Crippen molar-refractivity contribution in [1.82, 2.24) is 31.5 Å². The van der Waals surface area contributed by atoms with Crippen molar-refractivity contribution < 1.29 is 43.5 Å². The van der Waals surface area contributed by atoms with E-state index in [0.717, 1.165) is 6.42 Å². The first kappa shape index (κ1) is 37.3. The lowest BCUT2D eigenvalue weighted by molar-refractivity contribution is -0.139. The average molecular weight is 638 g/mol. The smallest absolute Gasteiger partial charge is 0.303 e. The molecule has 16 heteroatoms. The van der Waals surface area contributed by atoms with Gasteiger partial charge >= 0.3 is 5.97 Å². The monoisotopic (exact) mass is 637 g/mol. The molecular weight excluding hydrogens is 590 g/mol. The second kappa shape index (κ2) is 18.8. The van der Waals surface area contributed by atoms with Gasteiger partial charge in [0.05, 0.1) is 25.2 Å². The van der Waals surface area contributed by atoms with Crippen LogP contribution < -0.4 is 32.3 Å². The number of hydrogen-bond acceptors (Lipinski definition) is 10. The molecule has 1 unspecified atom stereocenters. The molecule has 252 valence electrons. The predicted octanol–water partition coefficient (Wildman–Crippen LogP) is -2.28. The van der Waals surface area contributed by atoms with Crippen LogP contribution in [-0.2, 0) is 38.4 Å². The zero-order valence-electron chi connectivity index (χ0n) is 26.0. The Morgan fingerprint density at radius 3 is 2.18 bits per heavy atom. The van der Waals surface area contributed by atoms with Crippen LogP contribution in [0.4, 0.5) is 0 Å². The molecule has 2 saturated heterocycles. The van der Waals surface area contributed by atoms with E-state index in [4.69, 9.17) is 10.8 Å². The fourth-order valence-electron chi connectivity index (χ4n) is 5.33. The summed E-state index contributed by atoms with van der Waals surface area (Å²) in [5.74, 6) is -6.28. The molecule has 0 aromatic heterocycles. The number of aliphatic carboxylic acids is 1. The van der Waals surface area contributed by atoms with Gasteiger partial charge in [0.15, 0.2) is 0 Å². The lowest BCUT2D eigenvalue weighted by Crippen LogP contribution is -2.56. The van der Waals surface area contributed by atoms with Gasteiger partial charge in [0.25, 0.3) is 0 Å². The van der Waals surface area contributed by atoms with Gasteiger partial charge < -0.3 is 37.4 Å². The molecule has 16 nitrogen and oxygen atoms in total. The molecule has 0 bridgehead atoms. The predicted molar refractivity (Wildman–Crippen MR) is 160 cm³/mol. The first-order valence-electron chi connectivity index (χ1n) is 15.5. The Hall–Kier alpha value is -3.92. The van der Waals surface area contributed by atoms with Crippen molar-refractivity contribution in [2.45, 2.75) is 95.8 Å². The van der Waals surface area contributed by atoms with Crippen molar-refractivity contribution in [3.8, 4) is 0 Å². The number of nitrogens with one attached hydrogen (secondary N) is 5. The zero-order valence-corrected chi connectivity index (χ0v) is 26.0. The summed E-state index contributed by atoms with van der Waals surface area (Å²) in [6.45, 7) is 4.18. The van der Waals surface area contributed by atoms with Crippen molar-refractivity contribution in [3.63, 3.8) is 0 Å². The third kappa shape index (κ3) is 13.3. The van der Waals surface area contributed by atoms with Crippen LogP contribution in [-0.4, -0.2) is 114 Å². The van der Waals surface area contributed by atoms with Gasteiger partial charge in [0, 0.05) is 12.8 Å². The van der Waals surface area contributed by atoms with Crippen LogP contribution in [0.15, 0.2) is 0 Å². The van der Waals surface area contributed by atoms with Crippen LogP contribution in [0.25, 0.3) is 0 Å². The second-order valence-corrected chi connectivity index (χ2v) is 11.9. The quantitative estimate of drug-likeness (QED) is 0.140. The molecule has 0 radical (unpaired) electrons. The minimum absolute atomic E-state index is 0.0505. The number of ketones is 2. The highest BCUT2D eigenvalue weighted by Gasteiger charge is 2.32. The molecule has 0 spiro atoms. The number of rotatable bonds is 8. The van der Waals surface area contributed by atoms with Crippen LogP contribution in [0.1, 0.15) is 71.6 Å². The standard InChI is InChI=1S/C29H47N7O9/c1-17(2)14-20-28(44)35-19(7-9-23(30)38)27(43)32-15-22(37)26(42)18(8-10-25(40)41)31-11-3-4-12-36-13-5-6-21(36)29(45)33-16-24(39)34-20/h17-21,31H,3-16H2,1-2H3,(H2,30,38)(H,32,43)(H,33,45)(H,34,39)(H,35,44)(H,40,41)/t18-,19+,20?,21+/m1/s1. The molecule has 8 N–H and O–H groups in total. The molecule has 0 aromatic carbocycles. The average Bonchev–Trinajstić information content (AvgIpc) is 3.44. The Bertz CT molecular complexity index is 1110. The normalized spacial score (nSPS) is 25.7. The van der Waals surface area contributed by atoms with E-state index in [9.17, 15) is 38.4 Å². The molecule has 2 fully saturated rings. The number of nitrogens with zero attached hydrogens (tertiary/aromatic N) is 1. The lowest BCUT2D eigenvalue weighted by Gasteiger charge is -2.25. The molecule has 5 amide bonds. The fraction of sp³-hybridized carbons (Fsp3) is 0.724. The van der Waals surface area contributed by atoms with Crippen molar-refractivity contribution in [3.05, 3.63) is 0 Å². The number of hydrogen-bond donors (Lipinski definition) is 7. The highest BCUT2D eigenvalue weighted by Crippen LogP contribution is 2.18. The number of fused-ring (bicyclic) bond motifs is 1. The number of nitrogens with two attached hydrogens (primary N) is 1. The van der Waals surface area contributed by atoms with Crippen molar-refractivity contribution in [2.24, 2.45) is 11.7 Å². The van der Waals surface area contributed by atoms with E-state index in [-0.39, 0.29) is 50.5 Å². The molecule has 2 heterocycles. The third-order valence-electron chi connectivity index (χ3n) is 7.68. The fourth-order valence-corrected chi connectivity index (χ4v) is 5.33. The Morgan fingerprint density at radius 2 is 1.51 bits per heavy atom. The molecule has 0 saturated carbocycles. The minimum atomic E-state index is -1.33. The Labute approximate surface area is 262 Å². The summed E-state index contributed by atoms with van der Waals surface area (Å²) in [5.41, 5.74) is 5.24. The maximum absolute atomic E-state index is 13.3. The van der Waals surface area contributed by atoms with Crippen molar-refractivity contribution in [2.75, 3.05) is 32.7 Å². The van der Waals surface area contributed by atoms with Gasteiger partial charge in [-0.2, -0.15) is 0 Å². The summed E-state index contributed by atoms with van der Waals surface area (Å²) in [6, 6.07) is -3.92. The minimum Gasteiger partial charge on any atom is -0.481 e. The summed E-state index contributed by atoms with van der Waals surface area (Å²) in [5, 5.41) is 22.1. The molecule has 0 aliphatic carbocycles. The van der Waals surface area contributed by atoms with Gasteiger partial charge in [-0.05, 0) is 70.5 Å².